The quantitative estimate of drug-likeness (QED) is 0.318. The van der Waals surface area contributed by atoms with Gasteiger partial charge in [0.1, 0.15) is 12.1 Å². The summed E-state index contributed by atoms with van der Waals surface area (Å²) in [5, 5.41) is 13.6. The summed E-state index contributed by atoms with van der Waals surface area (Å²) in [4.78, 5) is 30.8. The molecule has 2 heterocycles. The number of amides is 1. The molecule has 1 aliphatic heterocycles. The molecule has 4 unspecified atom stereocenters. The van der Waals surface area contributed by atoms with Gasteiger partial charge < -0.3 is 19.7 Å². The van der Waals surface area contributed by atoms with Gasteiger partial charge in [0.15, 0.2) is 5.78 Å². The van der Waals surface area contributed by atoms with Crippen LogP contribution in [0.3, 0.4) is 0 Å². The molecule has 42 heavy (non-hydrogen) atoms. The summed E-state index contributed by atoms with van der Waals surface area (Å²) in [6.07, 6.45) is -0.357. The van der Waals surface area contributed by atoms with E-state index < -0.39 is 40.1 Å². The maximum Gasteiger partial charge on any atom is 0.239 e. The minimum absolute atomic E-state index is 0.0698. The van der Waals surface area contributed by atoms with Crippen molar-refractivity contribution >= 4 is 43.2 Å². The fourth-order valence-electron chi connectivity index (χ4n) is 5.51. The molecule has 12 heteroatoms. The summed E-state index contributed by atoms with van der Waals surface area (Å²) in [5.41, 5.74) is 3.40. The second-order valence-corrected chi connectivity index (χ2v) is 12.5. The van der Waals surface area contributed by atoms with E-state index in [-0.39, 0.29) is 36.1 Å². The van der Waals surface area contributed by atoms with E-state index >= 15 is 0 Å². The number of sulfonamides is 1. The molecule has 2 aromatic carbocycles. The average molecular weight is 657 g/mol. The van der Waals surface area contributed by atoms with Crippen LogP contribution in [0.5, 0.6) is 0 Å². The number of Topliss-reactive ketones (excluding diaryl/α,β-unsaturated/α-hetero) is 1. The number of fused-ring (bicyclic) bond motifs is 2. The minimum atomic E-state index is -4.00. The first-order valence-corrected chi connectivity index (χ1v) is 16.0. The first-order valence-electron chi connectivity index (χ1n) is 13.5. The zero-order valence-electron chi connectivity index (χ0n) is 23.0. The zero-order chi connectivity index (χ0) is 30.0. The molecule has 0 fully saturated rings. The van der Waals surface area contributed by atoms with Crippen molar-refractivity contribution in [2.75, 3.05) is 13.2 Å². The van der Waals surface area contributed by atoms with Crippen molar-refractivity contribution in [2.45, 2.75) is 44.4 Å². The predicted molar refractivity (Wildman–Crippen MR) is 158 cm³/mol. The number of rotatable bonds is 10. The van der Waals surface area contributed by atoms with Crippen LogP contribution >= 0.6 is 15.9 Å². The van der Waals surface area contributed by atoms with Gasteiger partial charge in [-0.3, -0.25) is 19.3 Å². The Balaban J connectivity index is 1.45. The van der Waals surface area contributed by atoms with Crippen LogP contribution in [0.25, 0.3) is 5.57 Å². The standard InChI is InChI=1S/C30H30BrN3O7S/c1-3-40-29-21-11-8-14-32-26(21)24-25(28(29)36)27(34(37)30(24)41-4-2)20-13-12-19(15-22(20)31)17-42(38,39)33-23(35)16-18-9-6-5-7-10-18/h5-15,27,29-30,34H,3-4,16-17H2,1-2H3,(H,33,35). The van der Waals surface area contributed by atoms with Crippen LogP contribution in [0, 0.1) is 5.21 Å². The van der Waals surface area contributed by atoms with E-state index in [1.54, 1.807) is 74.6 Å². The Bertz CT molecular complexity index is 1650. The molecular weight excluding hydrogens is 626 g/mol. The lowest BCUT2D eigenvalue weighted by atomic mass is 9.83. The van der Waals surface area contributed by atoms with Crippen molar-refractivity contribution in [3.05, 3.63) is 110 Å². The van der Waals surface area contributed by atoms with E-state index in [2.05, 4.69) is 25.6 Å². The number of quaternary nitrogens is 1. The van der Waals surface area contributed by atoms with Gasteiger partial charge in [-0.25, -0.2) is 8.42 Å². The molecule has 4 atom stereocenters. The molecule has 5 rings (SSSR count). The maximum absolute atomic E-state index is 13.9. The van der Waals surface area contributed by atoms with Crippen LogP contribution in [0.1, 0.15) is 53.9 Å². The molecule has 0 spiro atoms. The van der Waals surface area contributed by atoms with E-state index in [0.29, 0.717) is 38.0 Å². The molecular formula is C30H30BrN3O7S. The monoisotopic (exact) mass is 655 g/mol. The number of hydrogen-bond acceptors (Lipinski definition) is 8. The number of carbonyl (C=O) groups excluding carboxylic acids is 2. The van der Waals surface area contributed by atoms with E-state index in [4.69, 9.17) is 9.47 Å². The number of ether oxygens (including phenoxy) is 2. The Labute approximate surface area is 252 Å². The SMILES string of the molecule is CCOC1C(=O)C2=C(c3ncccc31)C(OCC)[NH+]([O-])C2c1ccc(CS(=O)(=O)NC(=O)Cc2ccccc2)cc1Br. The van der Waals surface area contributed by atoms with Crippen LogP contribution in [-0.4, -0.2) is 44.5 Å². The highest BCUT2D eigenvalue weighted by molar-refractivity contribution is 9.10. The summed E-state index contributed by atoms with van der Waals surface area (Å²) in [6, 6.07) is 16.1. The third-order valence-electron chi connectivity index (χ3n) is 7.14. The lowest BCUT2D eigenvalue weighted by Crippen LogP contribution is -3.10. The molecule has 0 saturated heterocycles. The van der Waals surface area contributed by atoms with Crippen molar-refractivity contribution in [3.63, 3.8) is 0 Å². The Morgan fingerprint density at radius 3 is 2.43 bits per heavy atom. The highest BCUT2D eigenvalue weighted by atomic mass is 79.9. The fourth-order valence-corrected chi connectivity index (χ4v) is 7.27. The van der Waals surface area contributed by atoms with Crippen molar-refractivity contribution in [1.29, 1.82) is 0 Å². The Morgan fingerprint density at radius 2 is 1.74 bits per heavy atom. The lowest BCUT2D eigenvalue weighted by Gasteiger charge is -2.32. The third kappa shape index (κ3) is 5.96. The molecule has 1 aromatic heterocycles. The Morgan fingerprint density at radius 1 is 1.00 bits per heavy atom. The van der Waals surface area contributed by atoms with Crippen molar-refractivity contribution in [1.82, 2.24) is 9.71 Å². The number of ketones is 1. The molecule has 0 saturated carbocycles. The highest BCUT2D eigenvalue weighted by Crippen LogP contribution is 2.45. The van der Waals surface area contributed by atoms with Gasteiger partial charge in [-0.15, -0.1) is 0 Å². The van der Waals surface area contributed by atoms with Gasteiger partial charge >= 0.3 is 0 Å². The number of hydrogen-bond donors (Lipinski definition) is 2. The zero-order valence-corrected chi connectivity index (χ0v) is 25.4. The van der Waals surface area contributed by atoms with Crippen LogP contribution in [0.15, 0.2) is 76.9 Å². The topological polar surface area (TPSA) is 139 Å². The van der Waals surface area contributed by atoms with Crippen molar-refractivity contribution in [2.24, 2.45) is 0 Å². The highest BCUT2D eigenvalue weighted by Gasteiger charge is 2.52. The minimum Gasteiger partial charge on any atom is -0.631 e. The number of nitrogens with one attached hydrogen (secondary N) is 2. The van der Waals surface area contributed by atoms with Crippen LogP contribution in [0.2, 0.25) is 0 Å². The van der Waals surface area contributed by atoms with Gasteiger partial charge in [-0.05, 0) is 37.1 Å². The lowest BCUT2D eigenvalue weighted by molar-refractivity contribution is -0.909. The van der Waals surface area contributed by atoms with E-state index in [9.17, 15) is 23.2 Å². The smallest absolute Gasteiger partial charge is 0.239 e. The largest absolute Gasteiger partial charge is 0.631 e. The number of hydroxylamine groups is 2. The van der Waals surface area contributed by atoms with E-state index in [1.165, 1.54) is 0 Å². The summed E-state index contributed by atoms with van der Waals surface area (Å²) in [7, 11) is -4.00. The van der Waals surface area contributed by atoms with Crippen LogP contribution in [0.4, 0.5) is 0 Å². The van der Waals surface area contributed by atoms with Gasteiger partial charge in [0, 0.05) is 28.4 Å². The molecule has 220 valence electrons. The maximum atomic E-state index is 13.9. The molecule has 1 aliphatic carbocycles. The number of nitrogens with zero attached hydrogens (tertiary/aromatic N) is 1. The van der Waals surface area contributed by atoms with Crippen LogP contribution in [-0.2, 0) is 41.3 Å². The molecule has 3 aromatic rings. The number of benzene rings is 2. The number of aromatic nitrogens is 1. The van der Waals surface area contributed by atoms with Gasteiger partial charge in [0.25, 0.3) is 0 Å². The summed E-state index contributed by atoms with van der Waals surface area (Å²) >= 11 is 3.50. The van der Waals surface area contributed by atoms with Gasteiger partial charge in [0.2, 0.25) is 22.2 Å². The summed E-state index contributed by atoms with van der Waals surface area (Å²) in [6.45, 7) is 4.10. The molecule has 1 amide bonds. The van der Waals surface area contributed by atoms with Gasteiger partial charge in [0.05, 0.1) is 35.6 Å². The average Bonchev–Trinajstić information content (AvgIpc) is 3.23. The fraction of sp³-hybridized carbons (Fsp3) is 0.300. The third-order valence-corrected chi connectivity index (χ3v) is 9.08. The summed E-state index contributed by atoms with van der Waals surface area (Å²) in [5.74, 6) is -1.42. The first-order chi connectivity index (χ1) is 20.1. The Hall–Kier alpha value is -3.26. The number of pyridine rings is 1. The van der Waals surface area contributed by atoms with Crippen molar-refractivity contribution in [3.8, 4) is 0 Å². The second kappa shape index (κ2) is 12.5. The molecule has 2 aliphatic rings. The van der Waals surface area contributed by atoms with Gasteiger partial charge in [-0.1, -0.05) is 64.5 Å². The normalized spacial score (nSPS) is 21.7. The summed E-state index contributed by atoms with van der Waals surface area (Å²) < 4.78 is 39.8. The first kappa shape index (κ1) is 30.2. The number of halogens is 1. The van der Waals surface area contributed by atoms with E-state index in [0.717, 1.165) is 0 Å². The van der Waals surface area contributed by atoms with Gasteiger partial charge in [-0.2, -0.15) is 0 Å². The second-order valence-electron chi connectivity index (χ2n) is 9.94. The van der Waals surface area contributed by atoms with E-state index in [1.807, 2.05) is 6.07 Å². The number of carbonyl (C=O) groups is 2. The molecule has 0 bridgehead atoms. The Kier molecular flexibility index (Phi) is 9.02. The van der Waals surface area contributed by atoms with Crippen LogP contribution < -0.4 is 9.79 Å². The molecule has 2 N–H and O–H groups in total. The predicted octanol–water partition coefficient (Wildman–Crippen LogP) is 2.95. The molecule has 0 radical (unpaired) electrons. The molecule has 10 nitrogen and oxygen atoms in total. The van der Waals surface area contributed by atoms with Crippen molar-refractivity contribution < 1.29 is 32.5 Å².